The van der Waals surface area contributed by atoms with Gasteiger partial charge in [0.05, 0.1) is 28.8 Å². The van der Waals surface area contributed by atoms with Crippen LogP contribution in [0.2, 0.25) is 5.02 Å². The Bertz CT molecular complexity index is 1660. The van der Waals surface area contributed by atoms with Crippen molar-refractivity contribution < 1.29 is 27.1 Å². The van der Waals surface area contributed by atoms with Crippen LogP contribution in [0, 0.1) is 9.39 Å². The fourth-order valence-corrected chi connectivity index (χ4v) is 7.82. The Morgan fingerprint density at radius 2 is 1.93 bits per heavy atom. The second-order valence-electron chi connectivity index (χ2n) is 10.3. The Balaban J connectivity index is 1.85. The summed E-state index contributed by atoms with van der Waals surface area (Å²) in [6.07, 6.45) is -3.65. The molecule has 5 rings (SSSR count). The monoisotopic (exact) mass is 736 g/mol. The van der Waals surface area contributed by atoms with Crippen molar-refractivity contribution in [2.75, 3.05) is 37.5 Å². The standard InChI is InChI=1S/C28H26ClF4IN4O3S/c1-5-22(39)37-13(2)9-36(10-14(37)3)26-17-6-18(28(31,32)33)23(16-7-21(34)19(29)8-20(16)30)25-24(17)38(27(40)35-26)15(11-41-4)12-42-25/h5-8,13-15H,1,9-12H2,2-4H3/t13-,14+,15-/m0/s1. The van der Waals surface area contributed by atoms with E-state index in [1.807, 2.05) is 36.4 Å². The molecule has 1 amide bonds. The molecule has 1 aromatic heterocycles. The molecule has 14 heteroatoms. The molecule has 0 unspecified atom stereocenters. The molecule has 3 aromatic rings. The fourth-order valence-electron chi connectivity index (χ4n) is 5.89. The summed E-state index contributed by atoms with van der Waals surface area (Å²) in [5, 5.41) is 0.189. The predicted octanol–water partition coefficient (Wildman–Crippen LogP) is 6.38. The summed E-state index contributed by atoms with van der Waals surface area (Å²) in [6, 6.07) is 2.05. The third-order valence-electron chi connectivity index (χ3n) is 7.52. The topological polar surface area (TPSA) is 67.7 Å². The third-order valence-corrected chi connectivity index (χ3v) is 10.3. The van der Waals surface area contributed by atoms with Gasteiger partial charge in [0.25, 0.3) is 0 Å². The van der Waals surface area contributed by atoms with Gasteiger partial charge in [-0.2, -0.15) is 18.2 Å². The second kappa shape index (κ2) is 11.6. The van der Waals surface area contributed by atoms with Gasteiger partial charge in [-0.3, -0.25) is 9.36 Å². The highest BCUT2D eigenvalue weighted by Gasteiger charge is 2.41. The van der Waals surface area contributed by atoms with Crippen LogP contribution in [-0.4, -0.2) is 65.0 Å². The quantitative estimate of drug-likeness (QED) is 0.131. The molecule has 3 atom stereocenters. The maximum Gasteiger partial charge on any atom is 0.417 e. The molecule has 1 saturated heterocycles. The van der Waals surface area contributed by atoms with Crippen LogP contribution in [0.1, 0.15) is 25.5 Å². The van der Waals surface area contributed by atoms with Crippen molar-refractivity contribution in [2.24, 2.45) is 0 Å². The van der Waals surface area contributed by atoms with Gasteiger partial charge in [0, 0.05) is 63.0 Å². The highest BCUT2D eigenvalue weighted by Crippen LogP contribution is 2.50. The molecule has 1 fully saturated rings. The summed E-state index contributed by atoms with van der Waals surface area (Å²) in [5.41, 5.74) is -2.07. The molecule has 0 spiro atoms. The molecule has 2 aromatic carbocycles. The number of thioether (sulfide) groups is 1. The van der Waals surface area contributed by atoms with Crippen LogP contribution in [0.4, 0.5) is 23.4 Å². The number of hydrogen-bond donors (Lipinski definition) is 0. The largest absolute Gasteiger partial charge is 0.417 e. The van der Waals surface area contributed by atoms with Crippen molar-refractivity contribution in [1.29, 1.82) is 0 Å². The summed E-state index contributed by atoms with van der Waals surface area (Å²) in [5.74, 6) is -0.871. The van der Waals surface area contributed by atoms with Gasteiger partial charge in [0.1, 0.15) is 11.6 Å². The van der Waals surface area contributed by atoms with Gasteiger partial charge in [-0.25, -0.2) is 9.18 Å². The first-order valence-corrected chi connectivity index (χ1v) is 15.4. The number of piperazine rings is 1. The van der Waals surface area contributed by atoms with E-state index in [2.05, 4.69) is 11.6 Å². The Morgan fingerprint density at radius 1 is 1.26 bits per heavy atom. The van der Waals surface area contributed by atoms with Crippen LogP contribution in [-0.2, 0) is 15.7 Å². The van der Waals surface area contributed by atoms with E-state index in [0.717, 1.165) is 23.9 Å². The number of alkyl halides is 3. The fraction of sp³-hybridized carbons (Fsp3) is 0.393. The molecule has 224 valence electrons. The zero-order chi connectivity index (χ0) is 30.7. The maximum absolute atomic E-state index is 15.4. The van der Waals surface area contributed by atoms with Gasteiger partial charge in [-0.1, -0.05) is 18.2 Å². The SMILES string of the molecule is C=CC(=O)N1[C@H](C)CN(c2nc(=O)n3c4c(c(-c5cc(I)c(Cl)cc5F)c(C(F)(F)F)cc24)SC[C@@H]3COC)C[C@@H]1C. The predicted molar refractivity (Wildman–Crippen MR) is 164 cm³/mol. The lowest BCUT2D eigenvalue weighted by Gasteiger charge is -2.45. The number of carbonyl (C=O) groups excluding carboxylic acids is 1. The first-order valence-electron chi connectivity index (χ1n) is 12.9. The molecule has 0 saturated carbocycles. The Kier molecular flexibility index (Phi) is 8.60. The number of benzene rings is 2. The zero-order valence-corrected chi connectivity index (χ0v) is 26.5. The van der Waals surface area contributed by atoms with E-state index in [9.17, 15) is 22.8 Å². The number of rotatable bonds is 5. The molecule has 3 heterocycles. The number of halogens is 6. The number of methoxy groups -OCH3 is 1. The van der Waals surface area contributed by atoms with Crippen molar-refractivity contribution in [2.45, 2.75) is 43.0 Å². The van der Waals surface area contributed by atoms with E-state index >= 15 is 4.39 Å². The van der Waals surface area contributed by atoms with E-state index < -0.39 is 29.3 Å². The van der Waals surface area contributed by atoms with Crippen molar-refractivity contribution in [1.82, 2.24) is 14.5 Å². The molecule has 2 aliphatic rings. The molecule has 0 radical (unpaired) electrons. The summed E-state index contributed by atoms with van der Waals surface area (Å²) < 4.78 is 66.9. The summed E-state index contributed by atoms with van der Waals surface area (Å²) in [4.78, 5) is 34.0. The number of carbonyl (C=O) groups is 1. The lowest BCUT2D eigenvalue weighted by molar-refractivity contribution is -0.137. The van der Waals surface area contributed by atoms with Gasteiger partial charge in [0.2, 0.25) is 5.91 Å². The minimum absolute atomic E-state index is 0.0772. The first-order chi connectivity index (χ1) is 19.8. The molecule has 0 bridgehead atoms. The van der Waals surface area contributed by atoms with Crippen LogP contribution in [0.3, 0.4) is 0 Å². The lowest BCUT2D eigenvalue weighted by atomic mass is 9.95. The second-order valence-corrected chi connectivity index (χ2v) is 12.9. The first kappa shape index (κ1) is 31.1. The third kappa shape index (κ3) is 5.30. The van der Waals surface area contributed by atoms with Crippen LogP contribution >= 0.6 is 46.0 Å². The van der Waals surface area contributed by atoms with E-state index in [0.29, 0.717) is 3.57 Å². The number of anilines is 1. The van der Waals surface area contributed by atoms with Crippen LogP contribution < -0.4 is 10.6 Å². The number of aromatic nitrogens is 2. The summed E-state index contributed by atoms with van der Waals surface area (Å²) in [6.45, 7) is 7.78. The normalized spacial score (nSPS) is 20.7. The zero-order valence-electron chi connectivity index (χ0n) is 22.8. The van der Waals surface area contributed by atoms with E-state index in [4.69, 9.17) is 16.3 Å². The molecule has 7 nitrogen and oxygen atoms in total. The summed E-state index contributed by atoms with van der Waals surface area (Å²) in [7, 11) is 1.47. The molecular formula is C28H26ClF4IN4O3S. The van der Waals surface area contributed by atoms with Crippen molar-refractivity contribution in [3.63, 3.8) is 0 Å². The highest BCUT2D eigenvalue weighted by atomic mass is 127. The van der Waals surface area contributed by atoms with Gasteiger partial charge in [-0.15, -0.1) is 11.8 Å². The molecule has 42 heavy (non-hydrogen) atoms. The van der Waals surface area contributed by atoms with Crippen LogP contribution in [0.5, 0.6) is 0 Å². The van der Waals surface area contributed by atoms with E-state index in [1.165, 1.54) is 23.8 Å². The average Bonchev–Trinajstić information content (AvgIpc) is 2.91. The summed E-state index contributed by atoms with van der Waals surface area (Å²) >= 11 is 9.04. The number of ether oxygens (including phenoxy) is 1. The van der Waals surface area contributed by atoms with Crippen LogP contribution in [0.15, 0.2) is 40.5 Å². The number of nitrogens with zero attached hydrogens (tertiary/aromatic N) is 4. The maximum atomic E-state index is 15.4. The van der Waals surface area contributed by atoms with E-state index in [-0.39, 0.29) is 81.2 Å². The average molecular weight is 737 g/mol. The smallest absolute Gasteiger partial charge is 0.383 e. The minimum Gasteiger partial charge on any atom is -0.383 e. The molecule has 0 N–H and O–H groups in total. The van der Waals surface area contributed by atoms with E-state index in [1.54, 1.807) is 9.80 Å². The van der Waals surface area contributed by atoms with Crippen LogP contribution in [0.25, 0.3) is 22.0 Å². The van der Waals surface area contributed by atoms with Gasteiger partial charge < -0.3 is 14.5 Å². The van der Waals surface area contributed by atoms with Gasteiger partial charge >= 0.3 is 11.9 Å². The lowest BCUT2D eigenvalue weighted by Crippen LogP contribution is -2.58. The number of hydrogen-bond acceptors (Lipinski definition) is 6. The van der Waals surface area contributed by atoms with Crippen molar-refractivity contribution >= 4 is 68.6 Å². The minimum atomic E-state index is -4.87. The van der Waals surface area contributed by atoms with Gasteiger partial charge in [-0.05, 0) is 60.7 Å². The molecule has 0 aliphatic carbocycles. The van der Waals surface area contributed by atoms with Gasteiger partial charge in [0.15, 0.2) is 0 Å². The molecule has 2 aliphatic heterocycles. The Morgan fingerprint density at radius 3 is 2.52 bits per heavy atom. The van der Waals surface area contributed by atoms with Crippen molar-refractivity contribution in [3.05, 3.63) is 61.3 Å². The Labute approximate surface area is 262 Å². The number of amides is 1. The van der Waals surface area contributed by atoms with Crippen molar-refractivity contribution in [3.8, 4) is 11.1 Å². The molecular weight excluding hydrogens is 711 g/mol. The Hall–Kier alpha value is -2.36. The highest BCUT2D eigenvalue weighted by molar-refractivity contribution is 14.1.